The molecule has 2 aliphatic carbocycles. The number of nitrogens with one attached hydrogen (secondary N) is 2. The molecule has 42 heavy (non-hydrogen) atoms. The van der Waals surface area contributed by atoms with Gasteiger partial charge >= 0.3 is 0 Å². The molecule has 6 atom stereocenters. The maximum absolute atomic E-state index is 12.7. The van der Waals surface area contributed by atoms with Gasteiger partial charge in [0, 0.05) is 42.1 Å². The number of amides is 1. The molecule has 2 saturated carbocycles. The zero-order chi connectivity index (χ0) is 29.6. The molecule has 2 aromatic carbocycles. The van der Waals surface area contributed by atoms with E-state index in [1.807, 2.05) is 30.3 Å². The fourth-order valence-electron chi connectivity index (χ4n) is 5.84. The van der Waals surface area contributed by atoms with Crippen molar-refractivity contribution in [2.45, 2.75) is 44.1 Å². The Morgan fingerprint density at radius 3 is 2.69 bits per heavy atom. The van der Waals surface area contributed by atoms with Gasteiger partial charge in [-0.1, -0.05) is 66.1 Å². The SMILES string of the molecule is C=C1[C@@H](Cn2cnc3c(N[C@@H]4CC4c4ccccc4)nc(C#Cc4cccc(Cl)c4)nc32)[C@H](O)[C@H](O)C1(C)C(=O)NC. The summed E-state index contributed by atoms with van der Waals surface area (Å²) in [6.45, 7) is 5.92. The van der Waals surface area contributed by atoms with Gasteiger partial charge in [-0.2, -0.15) is 0 Å². The Hall–Kier alpha value is -4.23. The molecule has 2 unspecified atom stereocenters. The minimum Gasteiger partial charge on any atom is -0.390 e. The molecule has 4 N–H and O–H groups in total. The topological polar surface area (TPSA) is 125 Å². The van der Waals surface area contributed by atoms with Crippen molar-refractivity contribution in [2.24, 2.45) is 11.3 Å². The number of benzene rings is 2. The summed E-state index contributed by atoms with van der Waals surface area (Å²) in [6.07, 6.45) is 0.0869. The standard InChI is InChI=1S/C32H31ClN6O3/c1-18-23(27(40)28(41)32(18,2)31(42)34-3)16-39-17-35-26-29(36-24-15-22(24)20-9-5-4-6-10-20)37-25(38-30(26)39)13-12-19-8-7-11-21(33)14-19/h4-11,14,17,22-24,27-28,40-41H,1,15-16H2,2-3H3,(H,34,42)(H,36,37,38)/t22?,23-,24-,27+,28+,32?/m1/s1. The molecule has 0 radical (unpaired) electrons. The Morgan fingerprint density at radius 1 is 1.17 bits per heavy atom. The van der Waals surface area contributed by atoms with Crippen LogP contribution in [0.5, 0.6) is 0 Å². The number of anilines is 1. The number of carbonyl (C=O) groups excluding carboxylic acids is 1. The molecule has 2 aromatic heterocycles. The first-order chi connectivity index (χ1) is 20.2. The molecule has 2 fully saturated rings. The molecule has 2 heterocycles. The minimum atomic E-state index is -1.33. The zero-order valence-corrected chi connectivity index (χ0v) is 24.0. The lowest BCUT2D eigenvalue weighted by atomic mass is 9.81. The van der Waals surface area contributed by atoms with Crippen LogP contribution in [0.25, 0.3) is 11.2 Å². The monoisotopic (exact) mass is 582 g/mol. The zero-order valence-electron chi connectivity index (χ0n) is 23.3. The van der Waals surface area contributed by atoms with E-state index in [0.717, 1.165) is 12.0 Å². The van der Waals surface area contributed by atoms with Crippen molar-refractivity contribution in [2.75, 3.05) is 12.4 Å². The highest BCUT2D eigenvalue weighted by Crippen LogP contribution is 2.47. The van der Waals surface area contributed by atoms with Crippen LogP contribution in [-0.4, -0.2) is 60.9 Å². The average Bonchev–Trinajstić information content (AvgIpc) is 3.62. The van der Waals surface area contributed by atoms with Crippen LogP contribution >= 0.6 is 11.6 Å². The van der Waals surface area contributed by atoms with E-state index >= 15 is 0 Å². The van der Waals surface area contributed by atoms with Gasteiger partial charge in [-0.15, -0.1) is 0 Å². The molecule has 2 aliphatic rings. The number of carbonyl (C=O) groups is 1. The van der Waals surface area contributed by atoms with E-state index in [1.54, 1.807) is 30.0 Å². The first-order valence-corrected chi connectivity index (χ1v) is 14.2. The van der Waals surface area contributed by atoms with Crippen molar-refractivity contribution < 1.29 is 15.0 Å². The molecule has 4 aromatic rings. The third kappa shape index (κ3) is 4.92. The number of hydrogen-bond acceptors (Lipinski definition) is 7. The average molecular weight is 583 g/mol. The molecule has 1 amide bonds. The lowest BCUT2D eigenvalue weighted by Crippen LogP contribution is -2.45. The van der Waals surface area contributed by atoms with E-state index in [0.29, 0.717) is 39.3 Å². The Labute approximate surface area is 248 Å². The highest BCUT2D eigenvalue weighted by Gasteiger charge is 2.56. The molecule has 9 nitrogen and oxygen atoms in total. The number of rotatable bonds is 6. The molecule has 0 aliphatic heterocycles. The highest BCUT2D eigenvalue weighted by atomic mass is 35.5. The quantitative estimate of drug-likeness (QED) is 0.202. The molecule has 0 spiro atoms. The van der Waals surface area contributed by atoms with Gasteiger partial charge in [-0.25, -0.2) is 15.0 Å². The van der Waals surface area contributed by atoms with Crippen molar-refractivity contribution in [3.05, 3.63) is 95.1 Å². The van der Waals surface area contributed by atoms with Crippen molar-refractivity contribution in [3.8, 4) is 11.8 Å². The first kappa shape index (κ1) is 27.9. The smallest absolute Gasteiger partial charge is 0.232 e. The summed E-state index contributed by atoms with van der Waals surface area (Å²) < 4.78 is 1.79. The van der Waals surface area contributed by atoms with Crippen LogP contribution < -0.4 is 10.6 Å². The van der Waals surface area contributed by atoms with Gasteiger partial charge in [0.15, 0.2) is 17.0 Å². The largest absolute Gasteiger partial charge is 0.390 e. The predicted octanol–water partition coefficient (Wildman–Crippen LogP) is 3.51. The third-order valence-electron chi connectivity index (χ3n) is 8.48. The van der Waals surface area contributed by atoms with Crippen LogP contribution in [0.2, 0.25) is 5.02 Å². The van der Waals surface area contributed by atoms with Gasteiger partial charge in [0.2, 0.25) is 11.7 Å². The molecule has 0 saturated heterocycles. The summed E-state index contributed by atoms with van der Waals surface area (Å²) in [6, 6.07) is 17.8. The second kappa shape index (κ2) is 10.9. The maximum Gasteiger partial charge on any atom is 0.232 e. The van der Waals surface area contributed by atoms with Gasteiger partial charge in [-0.05, 0) is 43.0 Å². The lowest BCUT2D eigenvalue weighted by Gasteiger charge is -2.27. The van der Waals surface area contributed by atoms with Crippen LogP contribution in [0.15, 0.2) is 73.1 Å². The first-order valence-electron chi connectivity index (χ1n) is 13.8. The van der Waals surface area contributed by atoms with E-state index in [9.17, 15) is 15.0 Å². The number of halogens is 1. The molecule has 10 heteroatoms. The summed E-state index contributed by atoms with van der Waals surface area (Å²) in [5.74, 6) is 6.35. The van der Waals surface area contributed by atoms with E-state index in [1.165, 1.54) is 12.6 Å². The van der Waals surface area contributed by atoms with Gasteiger partial charge < -0.3 is 25.4 Å². The van der Waals surface area contributed by atoms with Crippen molar-refractivity contribution in [3.63, 3.8) is 0 Å². The fraction of sp³-hybridized carbons (Fsp3) is 0.312. The summed E-state index contributed by atoms with van der Waals surface area (Å²) >= 11 is 6.14. The van der Waals surface area contributed by atoms with Crippen LogP contribution in [0, 0.1) is 23.2 Å². The molecular formula is C32H31ClN6O3. The van der Waals surface area contributed by atoms with Crippen molar-refractivity contribution >= 4 is 34.5 Å². The van der Waals surface area contributed by atoms with Gasteiger partial charge in [0.05, 0.1) is 24.0 Å². The number of imidazole rings is 1. The van der Waals surface area contributed by atoms with E-state index in [4.69, 9.17) is 21.6 Å². The number of aliphatic hydroxyl groups is 2. The van der Waals surface area contributed by atoms with E-state index in [-0.39, 0.29) is 12.6 Å². The number of aromatic nitrogens is 4. The van der Waals surface area contributed by atoms with E-state index < -0.39 is 29.4 Å². The van der Waals surface area contributed by atoms with Crippen molar-refractivity contribution in [1.82, 2.24) is 24.8 Å². The number of aliphatic hydroxyl groups excluding tert-OH is 2. The van der Waals surface area contributed by atoms with Crippen LogP contribution in [-0.2, 0) is 11.3 Å². The normalized spacial score (nSPS) is 26.5. The predicted molar refractivity (Wildman–Crippen MR) is 161 cm³/mol. The Balaban J connectivity index is 1.36. The van der Waals surface area contributed by atoms with Crippen LogP contribution in [0.4, 0.5) is 5.82 Å². The van der Waals surface area contributed by atoms with Gasteiger partial charge in [-0.3, -0.25) is 4.79 Å². The summed E-state index contributed by atoms with van der Waals surface area (Å²) in [5.41, 5.74) is 2.19. The number of nitrogens with zero attached hydrogens (tertiary/aromatic N) is 4. The summed E-state index contributed by atoms with van der Waals surface area (Å²) in [4.78, 5) is 26.8. The summed E-state index contributed by atoms with van der Waals surface area (Å²) in [7, 11) is 1.50. The van der Waals surface area contributed by atoms with Crippen LogP contribution in [0.3, 0.4) is 0 Å². The van der Waals surface area contributed by atoms with Gasteiger partial charge in [0.1, 0.15) is 0 Å². The highest BCUT2D eigenvalue weighted by molar-refractivity contribution is 6.30. The molecule has 6 rings (SSSR count). The summed E-state index contributed by atoms with van der Waals surface area (Å²) in [5, 5.41) is 28.5. The Morgan fingerprint density at radius 2 is 1.95 bits per heavy atom. The second-order valence-electron chi connectivity index (χ2n) is 11.1. The third-order valence-corrected chi connectivity index (χ3v) is 8.72. The molecule has 214 valence electrons. The number of fused-ring (bicyclic) bond motifs is 1. The minimum absolute atomic E-state index is 0.184. The van der Waals surface area contributed by atoms with E-state index in [2.05, 4.69) is 46.2 Å². The Bertz CT molecular complexity index is 1750. The molecular weight excluding hydrogens is 552 g/mol. The van der Waals surface area contributed by atoms with Crippen molar-refractivity contribution in [1.29, 1.82) is 0 Å². The van der Waals surface area contributed by atoms with Gasteiger partial charge in [0.25, 0.3) is 0 Å². The molecule has 0 bridgehead atoms. The second-order valence-corrected chi connectivity index (χ2v) is 11.5. The maximum atomic E-state index is 12.7. The van der Waals surface area contributed by atoms with Crippen LogP contribution in [0.1, 0.15) is 36.2 Å². The lowest BCUT2D eigenvalue weighted by molar-refractivity contribution is -0.134. The number of hydrogen-bond donors (Lipinski definition) is 4. The Kier molecular flexibility index (Phi) is 7.23. The fourth-order valence-corrected chi connectivity index (χ4v) is 6.03.